The van der Waals surface area contributed by atoms with E-state index in [-0.39, 0.29) is 12.7 Å². The summed E-state index contributed by atoms with van der Waals surface area (Å²) in [7, 11) is 0. The highest BCUT2D eigenvalue weighted by atomic mass is 16.7. The second-order valence-corrected chi connectivity index (χ2v) is 8.06. The molecule has 2 aromatic heterocycles. The monoisotopic (exact) mass is 463 g/mol. The largest absolute Gasteiger partial charge is 0.454 e. The Bertz CT molecular complexity index is 1530. The maximum atomic E-state index is 12.9. The smallest absolute Gasteiger partial charge is 0.251 e. The molecule has 1 amide bonds. The molecular weight excluding hydrogens is 442 g/mol. The lowest BCUT2D eigenvalue weighted by atomic mass is 10.1. The summed E-state index contributed by atoms with van der Waals surface area (Å²) in [6.45, 7) is 0.603. The summed E-state index contributed by atoms with van der Waals surface area (Å²) in [5, 5.41) is 6.42. The van der Waals surface area contributed by atoms with Gasteiger partial charge in [0.15, 0.2) is 17.1 Å². The quantitative estimate of drug-likeness (QED) is 0.376. The third-order valence-corrected chi connectivity index (χ3v) is 5.75. The molecule has 0 unspecified atom stereocenters. The van der Waals surface area contributed by atoms with Gasteiger partial charge in [0.05, 0.1) is 6.20 Å². The van der Waals surface area contributed by atoms with Crippen molar-refractivity contribution in [2.24, 2.45) is 0 Å². The van der Waals surface area contributed by atoms with Crippen molar-refractivity contribution >= 4 is 23.1 Å². The number of rotatable bonds is 6. The number of benzene rings is 3. The van der Waals surface area contributed by atoms with E-state index in [1.165, 1.54) is 0 Å². The van der Waals surface area contributed by atoms with Gasteiger partial charge in [0.25, 0.3) is 5.91 Å². The minimum atomic E-state index is -0.169. The molecule has 1 aliphatic rings. The molecule has 0 atom stereocenters. The topological polar surface area (TPSA) is 89.8 Å². The van der Waals surface area contributed by atoms with E-state index < -0.39 is 0 Å². The number of ether oxygens (including phenoxy) is 2. The van der Waals surface area contributed by atoms with E-state index in [0.717, 1.165) is 39.7 Å². The number of imidazole rings is 1. The molecule has 8 heteroatoms. The van der Waals surface area contributed by atoms with E-state index >= 15 is 0 Å². The maximum Gasteiger partial charge on any atom is 0.251 e. The van der Waals surface area contributed by atoms with Crippen LogP contribution < -0.4 is 20.1 Å². The van der Waals surface area contributed by atoms with Crippen LogP contribution in [0.3, 0.4) is 0 Å². The minimum absolute atomic E-state index is 0.169. The summed E-state index contributed by atoms with van der Waals surface area (Å²) in [4.78, 5) is 21.8. The predicted molar refractivity (Wildman–Crippen MR) is 132 cm³/mol. The molecule has 0 bridgehead atoms. The Morgan fingerprint density at radius 1 is 0.971 bits per heavy atom. The standard InChI is InChI=1S/C27H21N5O3/c33-27(29-15-18-9-10-22-23(13-18)35-17-34-22)20-7-4-8-21(14-20)30-26-25(19-5-2-1-3-6-19)31-24-16-28-11-12-32(24)26/h1-14,16,30H,15,17H2,(H,29,33). The van der Waals surface area contributed by atoms with Crippen LogP contribution in [-0.2, 0) is 6.54 Å². The van der Waals surface area contributed by atoms with Crippen LogP contribution in [0.25, 0.3) is 16.9 Å². The van der Waals surface area contributed by atoms with E-state index in [2.05, 4.69) is 15.6 Å². The van der Waals surface area contributed by atoms with Gasteiger partial charge in [-0.2, -0.15) is 0 Å². The van der Waals surface area contributed by atoms with Gasteiger partial charge in [-0.05, 0) is 35.9 Å². The molecule has 8 nitrogen and oxygen atoms in total. The fraction of sp³-hybridized carbons (Fsp3) is 0.0741. The number of carbonyl (C=O) groups excluding carboxylic acids is 1. The first-order chi connectivity index (χ1) is 17.2. The van der Waals surface area contributed by atoms with Crippen molar-refractivity contribution in [1.29, 1.82) is 0 Å². The molecule has 1 aliphatic heterocycles. The van der Waals surface area contributed by atoms with Crippen LogP contribution in [0, 0.1) is 0 Å². The lowest BCUT2D eigenvalue weighted by molar-refractivity contribution is 0.0951. The molecule has 0 aliphatic carbocycles. The summed E-state index contributed by atoms with van der Waals surface area (Å²) in [5.41, 5.74) is 4.77. The number of amides is 1. The number of carbonyl (C=O) groups is 1. The van der Waals surface area contributed by atoms with Crippen LogP contribution in [-0.4, -0.2) is 27.1 Å². The predicted octanol–water partition coefficient (Wildman–Crippen LogP) is 4.80. The fourth-order valence-electron chi connectivity index (χ4n) is 4.03. The van der Waals surface area contributed by atoms with Crippen LogP contribution in [0.15, 0.2) is 91.4 Å². The van der Waals surface area contributed by atoms with Gasteiger partial charge < -0.3 is 20.1 Å². The summed E-state index contributed by atoms with van der Waals surface area (Å²) >= 11 is 0. The van der Waals surface area contributed by atoms with Crippen molar-refractivity contribution in [2.75, 3.05) is 12.1 Å². The summed E-state index contributed by atoms with van der Waals surface area (Å²) in [6.07, 6.45) is 5.30. The number of anilines is 2. The third-order valence-electron chi connectivity index (χ3n) is 5.75. The van der Waals surface area contributed by atoms with Crippen molar-refractivity contribution in [3.63, 3.8) is 0 Å². The number of hydrogen-bond donors (Lipinski definition) is 2. The average molecular weight is 463 g/mol. The first kappa shape index (κ1) is 20.7. The number of aromatic nitrogens is 3. The van der Waals surface area contributed by atoms with Crippen LogP contribution in [0.2, 0.25) is 0 Å². The molecule has 5 aromatic rings. The zero-order valence-corrected chi connectivity index (χ0v) is 18.6. The van der Waals surface area contributed by atoms with Gasteiger partial charge in [-0.1, -0.05) is 42.5 Å². The van der Waals surface area contributed by atoms with E-state index in [9.17, 15) is 4.79 Å². The van der Waals surface area contributed by atoms with Gasteiger partial charge in [0.2, 0.25) is 6.79 Å². The molecule has 0 saturated heterocycles. The first-order valence-corrected chi connectivity index (χ1v) is 11.2. The lowest BCUT2D eigenvalue weighted by Crippen LogP contribution is -2.22. The molecular formula is C27H21N5O3. The van der Waals surface area contributed by atoms with Gasteiger partial charge in [-0.25, -0.2) is 4.98 Å². The average Bonchev–Trinajstić information content (AvgIpc) is 3.52. The van der Waals surface area contributed by atoms with Crippen LogP contribution in [0.4, 0.5) is 11.5 Å². The number of hydrogen-bond acceptors (Lipinski definition) is 6. The van der Waals surface area contributed by atoms with Crippen molar-refractivity contribution in [3.8, 4) is 22.8 Å². The van der Waals surface area contributed by atoms with Gasteiger partial charge in [0, 0.05) is 35.8 Å². The molecule has 6 rings (SSSR count). The van der Waals surface area contributed by atoms with E-state index in [1.807, 2.05) is 77.3 Å². The lowest BCUT2D eigenvalue weighted by Gasteiger charge is -2.11. The molecule has 0 radical (unpaired) electrons. The molecule has 2 N–H and O–H groups in total. The second-order valence-electron chi connectivity index (χ2n) is 8.06. The number of nitrogens with one attached hydrogen (secondary N) is 2. The third kappa shape index (κ3) is 4.13. The highest BCUT2D eigenvalue weighted by molar-refractivity contribution is 5.95. The van der Waals surface area contributed by atoms with Gasteiger partial charge >= 0.3 is 0 Å². The second kappa shape index (κ2) is 8.83. The highest BCUT2D eigenvalue weighted by Gasteiger charge is 2.16. The zero-order chi connectivity index (χ0) is 23.6. The summed E-state index contributed by atoms with van der Waals surface area (Å²) < 4.78 is 12.7. The Morgan fingerprint density at radius 3 is 2.77 bits per heavy atom. The van der Waals surface area contributed by atoms with E-state index in [1.54, 1.807) is 18.5 Å². The van der Waals surface area contributed by atoms with Gasteiger partial charge in [-0.15, -0.1) is 0 Å². The van der Waals surface area contributed by atoms with E-state index in [0.29, 0.717) is 17.9 Å². The summed E-state index contributed by atoms with van der Waals surface area (Å²) in [5.74, 6) is 2.04. The van der Waals surface area contributed by atoms with Crippen LogP contribution in [0.5, 0.6) is 11.5 Å². The highest BCUT2D eigenvalue weighted by Crippen LogP contribution is 2.33. The van der Waals surface area contributed by atoms with Crippen molar-refractivity contribution in [2.45, 2.75) is 6.54 Å². The molecule has 172 valence electrons. The SMILES string of the molecule is O=C(NCc1ccc2c(c1)OCO2)c1cccc(Nc2c(-c3ccccc3)nc3cnccn23)c1. The first-order valence-electron chi connectivity index (χ1n) is 11.2. The number of nitrogens with zero attached hydrogens (tertiary/aromatic N) is 3. The normalized spacial score (nSPS) is 12.0. The van der Waals surface area contributed by atoms with Crippen LogP contribution in [0.1, 0.15) is 15.9 Å². The Labute approximate surface area is 201 Å². The Kier molecular flexibility index (Phi) is 5.23. The fourth-order valence-corrected chi connectivity index (χ4v) is 4.03. The van der Waals surface area contributed by atoms with Crippen molar-refractivity contribution in [1.82, 2.24) is 19.7 Å². The minimum Gasteiger partial charge on any atom is -0.454 e. The molecule has 0 saturated carbocycles. The summed E-state index contributed by atoms with van der Waals surface area (Å²) in [6, 6.07) is 23.0. The zero-order valence-electron chi connectivity index (χ0n) is 18.6. The molecule has 3 aromatic carbocycles. The van der Waals surface area contributed by atoms with Crippen molar-refractivity contribution in [3.05, 3.63) is 103 Å². The molecule has 0 fully saturated rings. The Balaban J connectivity index is 1.24. The maximum absolute atomic E-state index is 12.9. The molecule has 0 spiro atoms. The van der Waals surface area contributed by atoms with Gasteiger partial charge in [0.1, 0.15) is 11.5 Å². The van der Waals surface area contributed by atoms with Gasteiger partial charge in [-0.3, -0.25) is 14.2 Å². The van der Waals surface area contributed by atoms with Crippen molar-refractivity contribution < 1.29 is 14.3 Å². The Hall–Kier alpha value is -4.85. The molecule has 3 heterocycles. The van der Waals surface area contributed by atoms with E-state index in [4.69, 9.17) is 14.5 Å². The Morgan fingerprint density at radius 2 is 1.86 bits per heavy atom. The number of fused-ring (bicyclic) bond motifs is 2. The van der Waals surface area contributed by atoms with Crippen LogP contribution >= 0.6 is 0 Å². The molecule has 35 heavy (non-hydrogen) atoms.